The first kappa shape index (κ1) is 19.6. The van der Waals surface area contributed by atoms with Crippen molar-refractivity contribution in [2.24, 2.45) is 5.92 Å². The number of ether oxygens (including phenoxy) is 1. The lowest BCUT2D eigenvalue weighted by Crippen LogP contribution is -2.45. The van der Waals surface area contributed by atoms with Crippen molar-refractivity contribution < 1.29 is 14.5 Å². The summed E-state index contributed by atoms with van der Waals surface area (Å²) in [7, 11) is 1.44. The Hall–Kier alpha value is -2.19. The van der Waals surface area contributed by atoms with Crippen LogP contribution in [0.2, 0.25) is 0 Å². The Morgan fingerprint density at radius 2 is 2.26 bits per heavy atom. The Labute approximate surface area is 159 Å². The van der Waals surface area contributed by atoms with E-state index in [2.05, 4.69) is 15.5 Å². The van der Waals surface area contributed by atoms with E-state index in [-0.39, 0.29) is 23.4 Å². The van der Waals surface area contributed by atoms with Gasteiger partial charge in [0.1, 0.15) is 0 Å². The maximum absolute atomic E-state index is 12.2. The molecule has 148 valence electrons. The van der Waals surface area contributed by atoms with Crippen LogP contribution in [-0.2, 0) is 11.3 Å². The summed E-state index contributed by atoms with van der Waals surface area (Å²) < 4.78 is 5.06. The molecular weight excluding hydrogens is 348 g/mol. The van der Waals surface area contributed by atoms with Crippen molar-refractivity contribution in [3.05, 3.63) is 33.9 Å². The van der Waals surface area contributed by atoms with Crippen molar-refractivity contribution in [3.8, 4) is 5.75 Å². The molecule has 8 nitrogen and oxygen atoms in total. The second kappa shape index (κ2) is 9.14. The van der Waals surface area contributed by atoms with Gasteiger partial charge in [0.25, 0.3) is 0 Å². The van der Waals surface area contributed by atoms with Crippen LogP contribution < -0.4 is 15.4 Å². The van der Waals surface area contributed by atoms with Gasteiger partial charge in [-0.05, 0) is 56.3 Å². The number of nitrogens with zero attached hydrogens (tertiary/aromatic N) is 2. The molecule has 0 aliphatic carbocycles. The van der Waals surface area contributed by atoms with Crippen LogP contribution in [0.5, 0.6) is 5.75 Å². The lowest BCUT2D eigenvalue weighted by Gasteiger charge is -2.33. The summed E-state index contributed by atoms with van der Waals surface area (Å²) in [6.07, 6.45) is 4.14. The Morgan fingerprint density at radius 3 is 2.96 bits per heavy atom. The molecule has 27 heavy (non-hydrogen) atoms. The first-order valence-corrected chi connectivity index (χ1v) is 9.61. The van der Waals surface area contributed by atoms with Crippen molar-refractivity contribution in [1.29, 1.82) is 0 Å². The number of amides is 1. The molecule has 0 bridgehead atoms. The van der Waals surface area contributed by atoms with E-state index in [1.807, 2.05) is 6.07 Å². The second-order valence-electron chi connectivity index (χ2n) is 7.40. The molecule has 2 heterocycles. The highest BCUT2D eigenvalue weighted by atomic mass is 16.6. The predicted octanol–water partition coefficient (Wildman–Crippen LogP) is 1.68. The maximum atomic E-state index is 12.2. The third-order valence-electron chi connectivity index (χ3n) is 5.39. The highest BCUT2D eigenvalue weighted by molar-refractivity contribution is 5.81. The summed E-state index contributed by atoms with van der Waals surface area (Å²) in [5.74, 6) is 0.802. The number of hydrogen-bond acceptors (Lipinski definition) is 6. The summed E-state index contributed by atoms with van der Waals surface area (Å²) in [5.41, 5.74) is 0.905. The Morgan fingerprint density at radius 1 is 1.41 bits per heavy atom. The number of benzene rings is 1. The monoisotopic (exact) mass is 376 g/mol. The summed E-state index contributed by atoms with van der Waals surface area (Å²) in [4.78, 5) is 25.3. The quantitative estimate of drug-likeness (QED) is 0.555. The number of piperidine rings is 1. The van der Waals surface area contributed by atoms with Crippen molar-refractivity contribution >= 4 is 11.6 Å². The van der Waals surface area contributed by atoms with Gasteiger partial charge >= 0.3 is 5.69 Å². The molecule has 0 radical (unpaired) electrons. The highest BCUT2D eigenvalue weighted by Crippen LogP contribution is 2.28. The number of carbonyl (C=O) groups is 1. The minimum absolute atomic E-state index is 0.000105. The highest BCUT2D eigenvalue weighted by Gasteiger charge is 2.25. The molecule has 0 spiro atoms. The molecule has 0 aromatic heterocycles. The van der Waals surface area contributed by atoms with E-state index in [0.717, 1.165) is 50.9 Å². The molecule has 8 heteroatoms. The van der Waals surface area contributed by atoms with Crippen LogP contribution in [0.3, 0.4) is 0 Å². The predicted molar refractivity (Wildman–Crippen MR) is 102 cm³/mol. The van der Waals surface area contributed by atoms with Crippen molar-refractivity contribution in [1.82, 2.24) is 15.5 Å². The van der Waals surface area contributed by atoms with Gasteiger partial charge in [0.05, 0.1) is 18.1 Å². The van der Waals surface area contributed by atoms with Crippen LogP contribution in [0.4, 0.5) is 5.69 Å². The van der Waals surface area contributed by atoms with Crippen LogP contribution in [-0.4, -0.2) is 55.1 Å². The zero-order chi connectivity index (χ0) is 19.2. The summed E-state index contributed by atoms with van der Waals surface area (Å²) in [6.45, 7) is 4.13. The number of carbonyl (C=O) groups excluding carboxylic acids is 1. The van der Waals surface area contributed by atoms with Crippen LogP contribution in [0.25, 0.3) is 0 Å². The topological polar surface area (TPSA) is 96.7 Å². The number of likely N-dealkylation sites (tertiary alicyclic amines) is 1. The largest absolute Gasteiger partial charge is 0.490 e. The molecule has 3 rings (SSSR count). The fraction of sp³-hybridized carbons (Fsp3) is 0.632. The van der Waals surface area contributed by atoms with Gasteiger partial charge in [0.2, 0.25) is 5.91 Å². The Kier molecular flexibility index (Phi) is 6.63. The first-order chi connectivity index (χ1) is 13.1. The van der Waals surface area contributed by atoms with Crippen LogP contribution in [0.15, 0.2) is 18.2 Å². The van der Waals surface area contributed by atoms with Gasteiger partial charge in [-0.15, -0.1) is 0 Å². The SMILES string of the molecule is COc1ccc(CN2CCCC(CNC(=O)C3CCCN3)C2)cc1[N+](=O)[O-]. The number of rotatable bonds is 7. The number of nitro groups is 1. The number of nitrogens with one attached hydrogen (secondary N) is 2. The second-order valence-corrected chi connectivity index (χ2v) is 7.40. The molecule has 0 saturated carbocycles. The van der Waals surface area contributed by atoms with E-state index in [0.29, 0.717) is 19.0 Å². The Balaban J connectivity index is 1.53. The molecule has 2 atom stereocenters. The molecule has 1 aromatic rings. The van der Waals surface area contributed by atoms with E-state index in [4.69, 9.17) is 4.74 Å². The van der Waals surface area contributed by atoms with E-state index in [1.165, 1.54) is 7.11 Å². The van der Waals surface area contributed by atoms with Crippen molar-refractivity contribution in [2.45, 2.75) is 38.3 Å². The van der Waals surface area contributed by atoms with Crippen molar-refractivity contribution in [2.75, 3.05) is 33.3 Å². The van der Waals surface area contributed by atoms with Gasteiger partial charge in [0, 0.05) is 25.7 Å². The van der Waals surface area contributed by atoms with Gasteiger partial charge < -0.3 is 15.4 Å². The van der Waals surface area contributed by atoms with E-state index in [9.17, 15) is 14.9 Å². The normalized spacial score (nSPS) is 23.1. The molecule has 2 aliphatic heterocycles. The van der Waals surface area contributed by atoms with Gasteiger partial charge in [-0.1, -0.05) is 6.07 Å². The van der Waals surface area contributed by atoms with Crippen LogP contribution >= 0.6 is 0 Å². The zero-order valence-electron chi connectivity index (χ0n) is 15.8. The maximum Gasteiger partial charge on any atom is 0.311 e. The first-order valence-electron chi connectivity index (χ1n) is 9.61. The summed E-state index contributed by atoms with van der Waals surface area (Å²) in [5, 5.41) is 17.5. The third kappa shape index (κ3) is 5.17. The minimum atomic E-state index is -0.409. The fourth-order valence-corrected chi connectivity index (χ4v) is 3.97. The Bertz CT molecular complexity index is 676. The minimum Gasteiger partial charge on any atom is -0.490 e. The molecule has 2 fully saturated rings. The lowest BCUT2D eigenvalue weighted by atomic mass is 9.97. The standard InChI is InChI=1S/C19H28N4O4/c1-27-18-7-6-14(10-17(18)23(25)26)12-22-9-3-4-15(13-22)11-21-19(24)16-5-2-8-20-16/h6-7,10,15-16,20H,2-5,8-9,11-13H2,1H3,(H,21,24). The molecular formula is C19H28N4O4. The van der Waals surface area contributed by atoms with E-state index >= 15 is 0 Å². The molecule has 2 unspecified atom stereocenters. The molecule has 2 saturated heterocycles. The summed E-state index contributed by atoms with van der Waals surface area (Å²) >= 11 is 0. The summed E-state index contributed by atoms with van der Waals surface area (Å²) in [6, 6.07) is 5.09. The van der Waals surface area contributed by atoms with E-state index in [1.54, 1.807) is 12.1 Å². The molecule has 1 amide bonds. The number of methoxy groups -OCH3 is 1. The van der Waals surface area contributed by atoms with Gasteiger partial charge in [-0.3, -0.25) is 19.8 Å². The van der Waals surface area contributed by atoms with Crippen molar-refractivity contribution in [3.63, 3.8) is 0 Å². The fourth-order valence-electron chi connectivity index (χ4n) is 3.97. The third-order valence-corrected chi connectivity index (χ3v) is 5.39. The van der Waals surface area contributed by atoms with Gasteiger partial charge in [0.15, 0.2) is 5.75 Å². The van der Waals surface area contributed by atoms with Gasteiger partial charge in [-0.2, -0.15) is 0 Å². The number of nitro benzene ring substituents is 1. The van der Waals surface area contributed by atoms with Gasteiger partial charge in [-0.25, -0.2) is 0 Å². The van der Waals surface area contributed by atoms with Crippen LogP contribution in [0, 0.1) is 16.0 Å². The average Bonchev–Trinajstić information content (AvgIpc) is 3.21. The van der Waals surface area contributed by atoms with Crippen LogP contribution in [0.1, 0.15) is 31.2 Å². The average molecular weight is 376 g/mol. The number of hydrogen-bond donors (Lipinski definition) is 2. The lowest BCUT2D eigenvalue weighted by molar-refractivity contribution is -0.385. The molecule has 2 aliphatic rings. The molecule has 2 N–H and O–H groups in total. The van der Waals surface area contributed by atoms with E-state index < -0.39 is 4.92 Å². The smallest absolute Gasteiger partial charge is 0.311 e. The zero-order valence-corrected chi connectivity index (χ0v) is 15.8. The molecule has 1 aromatic carbocycles.